The van der Waals surface area contributed by atoms with Crippen LogP contribution in [0, 0.1) is 6.92 Å². The van der Waals surface area contributed by atoms with Crippen molar-refractivity contribution < 1.29 is 0 Å². The summed E-state index contributed by atoms with van der Waals surface area (Å²) in [5, 5.41) is 0. The first-order valence-corrected chi connectivity index (χ1v) is 6.84. The summed E-state index contributed by atoms with van der Waals surface area (Å²) >= 11 is 7.27. The molecule has 0 aliphatic rings. The van der Waals surface area contributed by atoms with E-state index in [4.69, 9.17) is 0 Å². The number of alkyl halides is 1. The largest absolute Gasteiger partial charge is 0.0786 e. The van der Waals surface area contributed by atoms with Gasteiger partial charge in [0, 0.05) is 4.47 Å². The Morgan fingerprint density at radius 1 is 1.00 bits per heavy atom. The molecule has 0 fully saturated rings. The summed E-state index contributed by atoms with van der Waals surface area (Å²) in [6.45, 7) is 2.14. The summed E-state index contributed by atoms with van der Waals surface area (Å²) in [5.74, 6) is 0. The zero-order valence-corrected chi connectivity index (χ0v) is 12.1. The molecule has 0 amide bonds. The number of rotatable bonds is 2. The number of halogens is 2. The summed E-state index contributed by atoms with van der Waals surface area (Å²) in [6.07, 6.45) is 0. The van der Waals surface area contributed by atoms with Crippen molar-refractivity contribution in [3.8, 4) is 0 Å². The van der Waals surface area contributed by atoms with Gasteiger partial charge in [-0.3, -0.25) is 0 Å². The van der Waals surface area contributed by atoms with Gasteiger partial charge < -0.3 is 0 Å². The first kappa shape index (κ1) is 11.9. The second kappa shape index (κ2) is 5.15. The summed E-state index contributed by atoms with van der Waals surface area (Å²) in [4.78, 5) is 0.256. The topological polar surface area (TPSA) is 0 Å². The second-order valence-corrected chi connectivity index (χ2v) is 5.61. The van der Waals surface area contributed by atoms with Gasteiger partial charge in [-0.15, -0.1) is 0 Å². The van der Waals surface area contributed by atoms with E-state index in [1.165, 1.54) is 16.7 Å². The number of benzene rings is 2. The molecule has 2 aromatic rings. The van der Waals surface area contributed by atoms with E-state index >= 15 is 0 Å². The van der Waals surface area contributed by atoms with Crippen LogP contribution < -0.4 is 0 Å². The lowest BCUT2D eigenvalue weighted by Crippen LogP contribution is -1.95. The molecule has 0 nitrogen and oxygen atoms in total. The fraction of sp³-hybridized carbons (Fsp3) is 0.143. The van der Waals surface area contributed by atoms with Crippen LogP contribution in [0.4, 0.5) is 0 Å². The third-order valence-electron chi connectivity index (χ3n) is 2.61. The van der Waals surface area contributed by atoms with Gasteiger partial charge in [0.1, 0.15) is 0 Å². The van der Waals surface area contributed by atoms with Crippen molar-refractivity contribution in [1.29, 1.82) is 0 Å². The average molecular weight is 340 g/mol. The van der Waals surface area contributed by atoms with Crippen molar-refractivity contribution in [3.05, 3.63) is 69.7 Å². The predicted molar refractivity (Wildman–Crippen MR) is 76.1 cm³/mol. The van der Waals surface area contributed by atoms with Crippen LogP contribution in [0.15, 0.2) is 53.0 Å². The maximum Gasteiger partial charge on any atom is 0.0647 e. The van der Waals surface area contributed by atoms with Crippen molar-refractivity contribution in [3.63, 3.8) is 0 Å². The standard InChI is InChI=1S/C14H12Br2/c1-10-7-8-12(15)9-13(10)14(16)11-5-3-2-4-6-11/h2-9,14H,1H3. The van der Waals surface area contributed by atoms with Gasteiger partial charge in [-0.25, -0.2) is 0 Å². The molecule has 0 saturated carbocycles. The summed E-state index contributed by atoms with van der Waals surface area (Å²) in [6, 6.07) is 16.8. The summed E-state index contributed by atoms with van der Waals surface area (Å²) < 4.78 is 1.12. The Balaban J connectivity index is 2.41. The quantitative estimate of drug-likeness (QED) is 0.656. The zero-order chi connectivity index (χ0) is 11.5. The molecule has 82 valence electrons. The number of hydrogen-bond donors (Lipinski definition) is 0. The molecule has 0 spiro atoms. The molecule has 1 atom stereocenters. The minimum atomic E-state index is 0.256. The van der Waals surface area contributed by atoms with Crippen molar-refractivity contribution in [1.82, 2.24) is 0 Å². The van der Waals surface area contributed by atoms with Crippen LogP contribution >= 0.6 is 31.9 Å². The van der Waals surface area contributed by atoms with Crippen LogP contribution in [0.5, 0.6) is 0 Å². The average Bonchev–Trinajstić information content (AvgIpc) is 2.32. The maximum absolute atomic E-state index is 3.76. The summed E-state index contributed by atoms with van der Waals surface area (Å²) in [7, 11) is 0. The highest BCUT2D eigenvalue weighted by atomic mass is 79.9. The smallest absolute Gasteiger partial charge is 0.0647 e. The maximum atomic E-state index is 3.76. The predicted octanol–water partition coefficient (Wildman–Crippen LogP) is 5.24. The van der Waals surface area contributed by atoms with E-state index in [2.05, 4.69) is 81.2 Å². The molecule has 2 rings (SSSR count). The van der Waals surface area contributed by atoms with Crippen LogP contribution in [0.25, 0.3) is 0 Å². The Morgan fingerprint density at radius 2 is 1.69 bits per heavy atom. The fourth-order valence-corrected chi connectivity index (χ4v) is 2.86. The highest BCUT2D eigenvalue weighted by molar-refractivity contribution is 9.10. The molecule has 0 aliphatic heterocycles. The van der Waals surface area contributed by atoms with Crippen LogP contribution in [0.1, 0.15) is 21.5 Å². The molecular weight excluding hydrogens is 328 g/mol. The zero-order valence-electron chi connectivity index (χ0n) is 8.95. The molecule has 0 heterocycles. The number of aryl methyl sites for hydroxylation is 1. The van der Waals surface area contributed by atoms with Gasteiger partial charge in [0.05, 0.1) is 4.83 Å². The molecule has 0 saturated heterocycles. The lowest BCUT2D eigenvalue weighted by molar-refractivity contribution is 1.14. The van der Waals surface area contributed by atoms with Crippen molar-refractivity contribution in [2.45, 2.75) is 11.8 Å². The van der Waals surface area contributed by atoms with Crippen LogP contribution in [-0.4, -0.2) is 0 Å². The van der Waals surface area contributed by atoms with Crippen LogP contribution in [-0.2, 0) is 0 Å². The molecule has 0 bridgehead atoms. The Kier molecular flexibility index (Phi) is 3.82. The fourth-order valence-electron chi connectivity index (χ4n) is 1.69. The molecule has 1 unspecified atom stereocenters. The van der Waals surface area contributed by atoms with E-state index in [1.807, 2.05) is 6.07 Å². The molecule has 0 N–H and O–H groups in total. The van der Waals surface area contributed by atoms with Gasteiger partial charge in [0.2, 0.25) is 0 Å². The van der Waals surface area contributed by atoms with E-state index in [0.29, 0.717) is 0 Å². The van der Waals surface area contributed by atoms with E-state index in [-0.39, 0.29) is 4.83 Å². The van der Waals surface area contributed by atoms with E-state index in [0.717, 1.165) is 4.47 Å². The lowest BCUT2D eigenvalue weighted by Gasteiger charge is -2.13. The van der Waals surface area contributed by atoms with Gasteiger partial charge in [0.15, 0.2) is 0 Å². The van der Waals surface area contributed by atoms with Gasteiger partial charge in [0.25, 0.3) is 0 Å². The van der Waals surface area contributed by atoms with Gasteiger partial charge in [-0.1, -0.05) is 68.3 Å². The Labute approximate surface area is 113 Å². The Morgan fingerprint density at radius 3 is 2.38 bits per heavy atom. The molecule has 0 aliphatic carbocycles. The van der Waals surface area contributed by atoms with E-state index < -0.39 is 0 Å². The van der Waals surface area contributed by atoms with E-state index in [1.54, 1.807) is 0 Å². The molecule has 0 aromatic heterocycles. The number of hydrogen-bond acceptors (Lipinski definition) is 0. The minimum absolute atomic E-state index is 0.256. The highest BCUT2D eigenvalue weighted by Gasteiger charge is 2.12. The van der Waals surface area contributed by atoms with Crippen molar-refractivity contribution in [2.24, 2.45) is 0 Å². The van der Waals surface area contributed by atoms with E-state index in [9.17, 15) is 0 Å². The SMILES string of the molecule is Cc1ccc(Br)cc1C(Br)c1ccccc1. The van der Waals surface area contributed by atoms with Gasteiger partial charge in [-0.05, 0) is 35.7 Å². The molecule has 0 radical (unpaired) electrons. The minimum Gasteiger partial charge on any atom is -0.0786 e. The Hall–Kier alpha value is -0.600. The second-order valence-electron chi connectivity index (χ2n) is 3.77. The van der Waals surface area contributed by atoms with Crippen LogP contribution in [0.2, 0.25) is 0 Å². The van der Waals surface area contributed by atoms with Crippen molar-refractivity contribution >= 4 is 31.9 Å². The molecular formula is C14H12Br2. The van der Waals surface area contributed by atoms with Gasteiger partial charge in [-0.2, -0.15) is 0 Å². The monoisotopic (exact) mass is 338 g/mol. The summed E-state index contributed by atoms with van der Waals surface area (Å²) in [5.41, 5.74) is 3.89. The van der Waals surface area contributed by atoms with Crippen LogP contribution in [0.3, 0.4) is 0 Å². The molecule has 16 heavy (non-hydrogen) atoms. The molecule has 2 heteroatoms. The van der Waals surface area contributed by atoms with Crippen molar-refractivity contribution in [2.75, 3.05) is 0 Å². The van der Waals surface area contributed by atoms with Gasteiger partial charge >= 0.3 is 0 Å². The Bertz CT molecular complexity index is 477. The first-order valence-electron chi connectivity index (χ1n) is 5.13. The lowest BCUT2D eigenvalue weighted by atomic mass is 10.0. The third kappa shape index (κ3) is 2.55. The first-order chi connectivity index (χ1) is 7.68. The normalized spacial score (nSPS) is 12.4. The molecule has 2 aromatic carbocycles. The highest BCUT2D eigenvalue weighted by Crippen LogP contribution is 2.33. The third-order valence-corrected chi connectivity index (χ3v) is 4.12.